The first-order chi connectivity index (χ1) is 6.16. The number of hydrogen-bond donors (Lipinski definition) is 1. The molecule has 1 unspecified atom stereocenters. The van der Waals surface area contributed by atoms with Crippen molar-refractivity contribution in [3.8, 4) is 0 Å². The lowest BCUT2D eigenvalue weighted by Crippen LogP contribution is -2.27. The predicted molar refractivity (Wildman–Crippen MR) is 52.3 cm³/mol. The van der Waals surface area contributed by atoms with Crippen molar-refractivity contribution in [2.24, 2.45) is 13.0 Å². The first-order valence-corrected chi connectivity index (χ1v) is 4.74. The number of nitrogens with zero attached hydrogens (tertiary/aromatic N) is 3. The van der Waals surface area contributed by atoms with Crippen molar-refractivity contribution in [3.05, 3.63) is 11.9 Å². The lowest BCUT2D eigenvalue weighted by molar-refractivity contribution is 0.398. The fourth-order valence-corrected chi connectivity index (χ4v) is 1.48. The Labute approximate surface area is 79.3 Å². The zero-order valence-corrected chi connectivity index (χ0v) is 8.78. The standard InChI is InChI=1S/C9H18N4/c1-5-10-9(7(2)3)8-6-11-12-13(8)4/h6-7,9-10H,5H2,1-4H3. The molecule has 0 aliphatic heterocycles. The Morgan fingerprint density at radius 2 is 2.23 bits per heavy atom. The topological polar surface area (TPSA) is 42.7 Å². The van der Waals surface area contributed by atoms with Gasteiger partial charge in [0.05, 0.1) is 17.9 Å². The van der Waals surface area contributed by atoms with Gasteiger partial charge in [-0.2, -0.15) is 0 Å². The van der Waals surface area contributed by atoms with E-state index in [1.165, 1.54) is 0 Å². The molecule has 0 saturated heterocycles. The monoisotopic (exact) mass is 182 g/mol. The minimum Gasteiger partial charge on any atom is -0.309 e. The Balaban J connectivity index is 2.82. The van der Waals surface area contributed by atoms with Crippen molar-refractivity contribution in [1.29, 1.82) is 0 Å². The van der Waals surface area contributed by atoms with Gasteiger partial charge < -0.3 is 5.32 Å². The highest BCUT2D eigenvalue weighted by Gasteiger charge is 2.17. The SMILES string of the molecule is CCNC(c1cnnn1C)C(C)C. The summed E-state index contributed by atoms with van der Waals surface area (Å²) in [7, 11) is 1.93. The largest absolute Gasteiger partial charge is 0.309 e. The van der Waals surface area contributed by atoms with Crippen molar-refractivity contribution in [3.63, 3.8) is 0 Å². The van der Waals surface area contributed by atoms with Crippen LogP contribution in [-0.4, -0.2) is 21.5 Å². The summed E-state index contributed by atoms with van der Waals surface area (Å²) < 4.78 is 1.83. The van der Waals surface area contributed by atoms with Gasteiger partial charge in [-0.3, -0.25) is 4.68 Å². The summed E-state index contributed by atoms with van der Waals surface area (Å²) in [6.45, 7) is 7.47. The second-order valence-corrected chi connectivity index (χ2v) is 3.56. The molecule has 0 aromatic carbocycles. The van der Waals surface area contributed by atoms with E-state index in [9.17, 15) is 0 Å². The van der Waals surface area contributed by atoms with Gasteiger partial charge in [0.2, 0.25) is 0 Å². The van der Waals surface area contributed by atoms with E-state index in [-0.39, 0.29) is 0 Å². The van der Waals surface area contributed by atoms with Crippen LogP contribution in [0.1, 0.15) is 32.5 Å². The summed E-state index contributed by atoms with van der Waals surface area (Å²) >= 11 is 0. The molecule has 1 N–H and O–H groups in total. The number of nitrogens with one attached hydrogen (secondary N) is 1. The van der Waals surface area contributed by atoms with Gasteiger partial charge >= 0.3 is 0 Å². The lowest BCUT2D eigenvalue weighted by Gasteiger charge is -2.20. The van der Waals surface area contributed by atoms with Crippen molar-refractivity contribution in [1.82, 2.24) is 20.3 Å². The number of aryl methyl sites for hydroxylation is 1. The molecule has 74 valence electrons. The highest BCUT2D eigenvalue weighted by molar-refractivity contribution is 5.02. The van der Waals surface area contributed by atoms with E-state index in [0.717, 1.165) is 12.2 Å². The molecule has 1 aromatic rings. The molecule has 0 spiro atoms. The van der Waals surface area contributed by atoms with Gasteiger partial charge in [0, 0.05) is 7.05 Å². The normalized spacial score (nSPS) is 13.6. The maximum absolute atomic E-state index is 3.93. The predicted octanol–water partition coefficient (Wildman–Crippen LogP) is 1.12. The van der Waals surface area contributed by atoms with Crippen LogP contribution in [0, 0.1) is 5.92 Å². The highest BCUT2D eigenvalue weighted by atomic mass is 15.4. The zero-order chi connectivity index (χ0) is 9.84. The van der Waals surface area contributed by atoms with Crippen molar-refractivity contribution in [2.45, 2.75) is 26.8 Å². The van der Waals surface area contributed by atoms with Crippen LogP contribution in [0.4, 0.5) is 0 Å². The number of aromatic nitrogens is 3. The van der Waals surface area contributed by atoms with E-state index in [1.54, 1.807) is 0 Å². The van der Waals surface area contributed by atoms with Crippen molar-refractivity contribution < 1.29 is 0 Å². The maximum atomic E-state index is 3.93. The third-order valence-electron chi connectivity index (χ3n) is 2.16. The van der Waals surface area contributed by atoms with Crippen LogP contribution in [0.3, 0.4) is 0 Å². The van der Waals surface area contributed by atoms with Crippen LogP contribution in [-0.2, 0) is 7.05 Å². The molecule has 1 heterocycles. The Morgan fingerprint density at radius 1 is 1.54 bits per heavy atom. The molecule has 4 nitrogen and oxygen atoms in total. The van der Waals surface area contributed by atoms with E-state index < -0.39 is 0 Å². The molecule has 0 radical (unpaired) electrons. The Hall–Kier alpha value is -0.900. The lowest BCUT2D eigenvalue weighted by atomic mass is 10.0. The first kappa shape index (κ1) is 10.2. The van der Waals surface area contributed by atoms with E-state index in [0.29, 0.717) is 12.0 Å². The van der Waals surface area contributed by atoms with Crippen LogP contribution in [0.2, 0.25) is 0 Å². The molecule has 13 heavy (non-hydrogen) atoms. The van der Waals surface area contributed by atoms with E-state index in [4.69, 9.17) is 0 Å². The Kier molecular flexibility index (Phi) is 3.42. The van der Waals surface area contributed by atoms with Gasteiger partial charge in [-0.15, -0.1) is 5.10 Å². The van der Waals surface area contributed by atoms with Crippen LogP contribution < -0.4 is 5.32 Å². The summed E-state index contributed by atoms with van der Waals surface area (Å²) in [5.41, 5.74) is 1.15. The zero-order valence-electron chi connectivity index (χ0n) is 8.78. The molecule has 0 bridgehead atoms. The fraction of sp³-hybridized carbons (Fsp3) is 0.778. The van der Waals surface area contributed by atoms with Gasteiger partial charge in [0.15, 0.2) is 0 Å². The van der Waals surface area contributed by atoms with E-state index in [2.05, 4.69) is 36.4 Å². The van der Waals surface area contributed by atoms with E-state index in [1.807, 2.05) is 17.9 Å². The second-order valence-electron chi connectivity index (χ2n) is 3.56. The van der Waals surface area contributed by atoms with Gasteiger partial charge in [0.25, 0.3) is 0 Å². The summed E-state index contributed by atoms with van der Waals surface area (Å²) in [6, 6.07) is 0.352. The number of hydrogen-bond acceptors (Lipinski definition) is 3. The highest BCUT2D eigenvalue weighted by Crippen LogP contribution is 2.19. The minimum atomic E-state index is 0.352. The molecule has 0 aliphatic carbocycles. The van der Waals surface area contributed by atoms with E-state index >= 15 is 0 Å². The molecule has 1 rings (SSSR count). The molecule has 0 saturated carbocycles. The number of rotatable bonds is 4. The molecule has 0 amide bonds. The Bertz CT molecular complexity index is 254. The molecule has 4 heteroatoms. The molecular formula is C9H18N4. The third kappa shape index (κ3) is 2.28. The van der Waals surface area contributed by atoms with Crippen LogP contribution >= 0.6 is 0 Å². The van der Waals surface area contributed by atoms with Gasteiger partial charge in [-0.1, -0.05) is 26.0 Å². The van der Waals surface area contributed by atoms with Crippen molar-refractivity contribution in [2.75, 3.05) is 6.54 Å². The quantitative estimate of drug-likeness (QED) is 0.759. The summed E-state index contributed by atoms with van der Waals surface area (Å²) in [4.78, 5) is 0. The fourth-order valence-electron chi connectivity index (χ4n) is 1.48. The Morgan fingerprint density at radius 3 is 2.62 bits per heavy atom. The molecular weight excluding hydrogens is 164 g/mol. The maximum Gasteiger partial charge on any atom is 0.0755 e. The molecule has 0 fully saturated rings. The molecule has 1 aromatic heterocycles. The smallest absolute Gasteiger partial charge is 0.0755 e. The summed E-state index contributed by atoms with van der Waals surface area (Å²) in [5, 5.41) is 11.2. The van der Waals surface area contributed by atoms with Crippen LogP contribution in [0.25, 0.3) is 0 Å². The van der Waals surface area contributed by atoms with Crippen LogP contribution in [0.5, 0.6) is 0 Å². The minimum absolute atomic E-state index is 0.352. The second kappa shape index (κ2) is 4.37. The average Bonchev–Trinajstić information content (AvgIpc) is 2.47. The summed E-state index contributed by atoms with van der Waals surface area (Å²) in [6.07, 6.45) is 1.83. The summed E-state index contributed by atoms with van der Waals surface area (Å²) in [5.74, 6) is 0.553. The van der Waals surface area contributed by atoms with Gasteiger partial charge in [-0.05, 0) is 12.5 Å². The molecule has 1 atom stereocenters. The first-order valence-electron chi connectivity index (χ1n) is 4.74. The van der Waals surface area contributed by atoms with Gasteiger partial charge in [0.1, 0.15) is 0 Å². The molecule has 0 aliphatic rings. The van der Waals surface area contributed by atoms with Gasteiger partial charge in [-0.25, -0.2) is 0 Å². The van der Waals surface area contributed by atoms with Crippen LogP contribution in [0.15, 0.2) is 6.20 Å². The van der Waals surface area contributed by atoms with Crippen molar-refractivity contribution >= 4 is 0 Å². The average molecular weight is 182 g/mol. The third-order valence-corrected chi connectivity index (χ3v) is 2.16.